The predicted molar refractivity (Wildman–Crippen MR) is 115 cm³/mol. The fraction of sp³-hybridized carbons (Fsp3) is 0.360. The van der Waals surface area contributed by atoms with Crippen molar-refractivity contribution in [2.24, 2.45) is 10.9 Å². The van der Waals surface area contributed by atoms with Crippen molar-refractivity contribution < 1.29 is 4.79 Å². The van der Waals surface area contributed by atoms with Crippen LogP contribution in [0.3, 0.4) is 0 Å². The lowest BCUT2D eigenvalue weighted by Gasteiger charge is -2.41. The molecule has 0 radical (unpaired) electrons. The Morgan fingerprint density at radius 2 is 1.86 bits per heavy atom. The molecule has 0 spiro atoms. The summed E-state index contributed by atoms with van der Waals surface area (Å²) >= 11 is 0. The summed E-state index contributed by atoms with van der Waals surface area (Å²) in [6.07, 6.45) is 4.00. The number of nitrogens with zero attached hydrogens (tertiary/aromatic N) is 3. The molecule has 2 aliphatic heterocycles. The monoisotopic (exact) mass is 385 g/mol. The van der Waals surface area contributed by atoms with Crippen LogP contribution in [-0.2, 0) is 17.8 Å². The Balaban J connectivity index is 1.45. The van der Waals surface area contributed by atoms with Crippen LogP contribution in [-0.4, -0.2) is 34.8 Å². The van der Waals surface area contributed by atoms with Crippen LogP contribution in [0.1, 0.15) is 36.0 Å². The van der Waals surface area contributed by atoms with Gasteiger partial charge in [-0.3, -0.25) is 14.7 Å². The second kappa shape index (κ2) is 7.51. The minimum atomic E-state index is 0.190. The second-order valence-electron chi connectivity index (χ2n) is 8.37. The van der Waals surface area contributed by atoms with Gasteiger partial charge >= 0.3 is 0 Å². The van der Waals surface area contributed by atoms with Gasteiger partial charge in [0.1, 0.15) is 0 Å². The van der Waals surface area contributed by atoms with Crippen molar-refractivity contribution in [2.45, 2.75) is 39.2 Å². The van der Waals surface area contributed by atoms with E-state index in [2.05, 4.69) is 66.4 Å². The first-order chi connectivity index (χ1) is 14.2. The molecule has 2 heterocycles. The number of aliphatic imine (C=N–C) groups is 1. The van der Waals surface area contributed by atoms with E-state index in [1.807, 2.05) is 4.90 Å². The third-order valence-corrected chi connectivity index (χ3v) is 6.48. The molecular weight excluding hydrogens is 358 g/mol. The quantitative estimate of drug-likeness (QED) is 0.786. The van der Waals surface area contributed by atoms with E-state index in [9.17, 15) is 4.79 Å². The van der Waals surface area contributed by atoms with Crippen LogP contribution in [0.25, 0.3) is 0 Å². The van der Waals surface area contributed by atoms with Gasteiger partial charge in [0.05, 0.1) is 13.1 Å². The van der Waals surface area contributed by atoms with Gasteiger partial charge in [0, 0.05) is 17.8 Å². The first-order valence-electron chi connectivity index (χ1n) is 10.6. The molecule has 0 bridgehead atoms. The van der Waals surface area contributed by atoms with Crippen LogP contribution >= 0.6 is 0 Å². The van der Waals surface area contributed by atoms with E-state index in [1.54, 1.807) is 0 Å². The summed E-state index contributed by atoms with van der Waals surface area (Å²) in [6.45, 7) is 4.36. The number of guanidine groups is 1. The topological polar surface area (TPSA) is 35.9 Å². The molecule has 0 aromatic heterocycles. The fourth-order valence-corrected chi connectivity index (χ4v) is 4.90. The van der Waals surface area contributed by atoms with E-state index in [0.717, 1.165) is 43.8 Å². The van der Waals surface area contributed by atoms with Gasteiger partial charge in [0.25, 0.3) is 5.91 Å². The maximum atomic E-state index is 13.3. The van der Waals surface area contributed by atoms with E-state index in [-0.39, 0.29) is 5.91 Å². The van der Waals surface area contributed by atoms with Gasteiger partial charge in [0.15, 0.2) is 0 Å². The van der Waals surface area contributed by atoms with Crippen molar-refractivity contribution in [3.05, 3.63) is 82.6 Å². The van der Waals surface area contributed by atoms with E-state index >= 15 is 0 Å². The van der Waals surface area contributed by atoms with Crippen molar-refractivity contribution in [1.82, 2.24) is 9.80 Å². The van der Waals surface area contributed by atoms with Gasteiger partial charge in [-0.25, -0.2) is 0 Å². The summed E-state index contributed by atoms with van der Waals surface area (Å²) in [5, 5.41) is 0. The number of rotatable bonds is 4. The minimum absolute atomic E-state index is 0.190. The van der Waals surface area contributed by atoms with Gasteiger partial charge in [-0.15, -0.1) is 0 Å². The molecule has 1 amide bonds. The van der Waals surface area contributed by atoms with Crippen LogP contribution in [0.5, 0.6) is 0 Å². The SMILES string of the molecule is Cc1ccccc1CN1C2=NCCN2C(=O)C2=C1CCC(Cc1ccccc1)C2. The molecule has 2 aromatic rings. The van der Waals surface area contributed by atoms with E-state index in [1.165, 1.54) is 22.4 Å². The van der Waals surface area contributed by atoms with E-state index < -0.39 is 0 Å². The third-order valence-electron chi connectivity index (χ3n) is 6.48. The molecule has 1 aliphatic carbocycles. The van der Waals surface area contributed by atoms with Crippen LogP contribution in [0.15, 0.2) is 70.9 Å². The molecule has 0 fully saturated rings. The summed E-state index contributed by atoms with van der Waals surface area (Å²) in [5.41, 5.74) is 6.18. The first kappa shape index (κ1) is 18.2. The zero-order chi connectivity index (χ0) is 19.8. The highest BCUT2D eigenvalue weighted by atomic mass is 16.2. The summed E-state index contributed by atoms with van der Waals surface area (Å²) in [4.78, 5) is 22.2. The van der Waals surface area contributed by atoms with E-state index in [4.69, 9.17) is 4.99 Å². The highest BCUT2D eigenvalue weighted by Gasteiger charge is 2.41. The average molecular weight is 386 g/mol. The Morgan fingerprint density at radius 1 is 1.07 bits per heavy atom. The maximum absolute atomic E-state index is 13.3. The number of aryl methyl sites for hydroxylation is 1. The molecule has 1 atom stereocenters. The minimum Gasteiger partial charge on any atom is -0.311 e. The van der Waals surface area contributed by atoms with Crippen molar-refractivity contribution in [3.8, 4) is 0 Å². The number of carbonyl (C=O) groups excluding carboxylic acids is 1. The molecule has 2 aromatic carbocycles. The molecule has 0 saturated heterocycles. The van der Waals surface area contributed by atoms with Crippen LogP contribution in [0.4, 0.5) is 0 Å². The van der Waals surface area contributed by atoms with Gasteiger partial charge in [-0.05, 0) is 55.2 Å². The van der Waals surface area contributed by atoms with Crippen molar-refractivity contribution in [3.63, 3.8) is 0 Å². The molecule has 1 unspecified atom stereocenters. The molecule has 148 valence electrons. The number of allylic oxidation sites excluding steroid dienone is 1. The summed E-state index contributed by atoms with van der Waals surface area (Å²) in [6, 6.07) is 19.2. The molecule has 0 N–H and O–H groups in total. The zero-order valence-corrected chi connectivity index (χ0v) is 17.0. The first-order valence-corrected chi connectivity index (χ1v) is 10.6. The molecule has 5 rings (SSSR count). The molecular formula is C25H27N3O. The summed E-state index contributed by atoms with van der Waals surface area (Å²) in [5.74, 6) is 1.58. The predicted octanol–water partition coefficient (Wildman–Crippen LogP) is 4.31. The molecule has 29 heavy (non-hydrogen) atoms. The Kier molecular flexibility index (Phi) is 4.70. The van der Waals surface area contributed by atoms with Crippen molar-refractivity contribution >= 4 is 11.9 Å². The number of carbonyl (C=O) groups is 1. The van der Waals surface area contributed by atoms with Gasteiger partial charge in [0.2, 0.25) is 5.96 Å². The Bertz CT molecular complexity index is 992. The molecule has 4 heteroatoms. The third kappa shape index (κ3) is 3.37. The highest BCUT2D eigenvalue weighted by molar-refractivity contribution is 6.09. The number of benzene rings is 2. The van der Waals surface area contributed by atoms with Crippen molar-refractivity contribution in [2.75, 3.05) is 13.1 Å². The Morgan fingerprint density at radius 3 is 2.69 bits per heavy atom. The summed E-state index contributed by atoms with van der Waals surface area (Å²) < 4.78 is 0. The van der Waals surface area contributed by atoms with Gasteiger partial charge in [-0.1, -0.05) is 54.6 Å². The molecule has 3 aliphatic rings. The zero-order valence-electron chi connectivity index (χ0n) is 17.0. The van der Waals surface area contributed by atoms with Crippen molar-refractivity contribution in [1.29, 1.82) is 0 Å². The van der Waals surface area contributed by atoms with Crippen LogP contribution in [0.2, 0.25) is 0 Å². The largest absolute Gasteiger partial charge is 0.311 e. The van der Waals surface area contributed by atoms with Crippen LogP contribution in [0, 0.1) is 12.8 Å². The maximum Gasteiger partial charge on any atom is 0.258 e. The summed E-state index contributed by atoms with van der Waals surface area (Å²) in [7, 11) is 0. The number of amides is 1. The lowest BCUT2D eigenvalue weighted by atomic mass is 9.81. The average Bonchev–Trinajstić information content (AvgIpc) is 3.23. The number of hydrogen-bond acceptors (Lipinski definition) is 3. The lowest BCUT2D eigenvalue weighted by Crippen LogP contribution is -2.51. The Labute approximate surface area is 172 Å². The molecule has 0 saturated carbocycles. The normalized spacial score (nSPS) is 21.2. The number of fused-ring (bicyclic) bond motifs is 1. The Hall–Kier alpha value is -2.88. The van der Waals surface area contributed by atoms with E-state index in [0.29, 0.717) is 19.0 Å². The number of hydrogen-bond donors (Lipinski definition) is 0. The smallest absolute Gasteiger partial charge is 0.258 e. The standard InChI is InChI=1S/C25H27N3O/c1-18-7-5-6-10-21(18)17-28-23-12-11-20(15-19-8-3-2-4-9-19)16-22(23)24(29)27-14-13-26-25(27)28/h2-10,20H,11-17H2,1H3. The molecule has 4 nitrogen and oxygen atoms in total. The highest BCUT2D eigenvalue weighted by Crippen LogP contribution is 2.39. The van der Waals surface area contributed by atoms with Crippen LogP contribution < -0.4 is 0 Å². The lowest BCUT2D eigenvalue weighted by molar-refractivity contribution is -0.124. The second-order valence-corrected chi connectivity index (χ2v) is 8.37. The van der Waals surface area contributed by atoms with Gasteiger partial charge in [-0.2, -0.15) is 0 Å². The fourth-order valence-electron chi connectivity index (χ4n) is 4.90. The van der Waals surface area contributed by atoms with Gasteiger partial charge < -0.3 is 4.90 Å².